The highest BCUT2D eigenvalue weighted by Crippen LogP contribution is 2.00. The number of hydrogen-bond acceptors (Lipinski definition) is 3. The van der Waals surface area contributed by atoms with E-state index in [9.17, 15) is 4.79 Å². The van der Waals surface area contributed by atoms with Crippen molar-refractivity contribution < 1.29 is 0 Å². The predicted octanol–water partition coefficient (Wildman–Crippen LogP) is 1.71. The van der Waals surface area contributed by atoms with Gasteiger partial charge in [-0.2, -0.15) is 5.10 Å². The van der Waals surface area contributed by atoms with E-state index in [0.717, 1.165) is 0 Å². The molecule has 2 aromatic heterocycles. The Kier molecular flexibility index (Phi) is 6.01. The van der Waals surface area contributed by atoms with Crippen LogP contribution in [0.5, 0.6) is 0 Å². The smallest absolute Gasteiger partial charge is 0.304 e. The van der Waals surface area contributed by atoms with Crippen molar-refractivity contribution in [1.82, 2.24) is 19.7 Å². The molecule has 0 unspecified atom stereocenters. The number of imidazole rings is 1. The minimum atomic E-state index is -0.166. The summed E-state index contributed by atoms with van der Waals surface area (Å²) < 4.78 is 1.42. The van der Waals surface area contributed by atoms with Gasteiger partial charge in [-0.15, -0.1) is 5.10 Å². The van der Waals surface area contributed by atoms with Crippen LogP contribution in [0.2, 0.25) is 0 Å². The summed E-state index contributed by atoms with van der Waals surface area (Å²) in [6.07, 6.45) is 1.54. The van der Waals surface area contributed by atoms with Gasteiger partial charge < -0.3 is 4.98 Å². The molecule has 0 spiro atoms. The van der Waals surface area contributed by atoms with Gasteiger partial charge in [0.1, 0.15) is 0 Å². The molecular formula is C10H18N4O. The third kappa shape index (κ3) is 2.90. The maximum atomic E-state index is 11.0. The van der Waals surface area contributed by atoms with Gasteiger partial charge in [0.15, 0.2) is 5.65 Å². The van der Waals surface area contributed by atoms with Crippen molar-refractivity contribution in [3.8, 4) is 0 Å². The number of fused-ring (bicyclic) bond motifs is 1. The number of rotatable bonds is 0. The molecule has 5 nitrogen and oxygen atoms in total. The van der Waals surface area contributed by atoms with Crippen molar-refractivity contribution in [2.24, 2.45) is 7.05 Å². The normalized spacial score (nSPS) is 8.60. The van der Waals surface area contributed by atoms with Gasteiger partial charge in [-0.05, 0) is 6.07 Å². The predicted molar refractivity (Wildman–Crippen MR) is 61.8 cm³/mol. The van der Waals surface area contributed by atoms with E-state index in [-0.39, 0.29) is 5.69 Å². The van der Waals surface area contributed by atoms with Crippen LogP contribution < -0.4 is 5.69 Å². The summed E-state index contributed by atoms with van der Waals surface area (Å²) in [6.45, 7) is 8.00. The van der Waals surface area contributed by atoms with E-state index < -0.39 is 0 Å². The van der Waals surface area contributed by atoms with E-state index in [1.54, 1.807) is 13.1 Å². The van der Waals surface area contributed by atoms with E-state index in [1.165, 1.54) is 10.8 Å². The third-order valence-electron chi connectivity index (χ3n) is 1.57. The Morgan fingerprint density at radius 1 is 1.27 bits per heavy atom. The molecule has 2 heterocycles. The van der Waals surface area contributed by atoms with Gasteiger partial charge >= 0.3 is 5.69 Å². The molecular weight excluding hydrogens is 192 g/mol. The fourth-order valence-electron chi connectivity index (χ4n) is 0.965. The SMILES string of the molecule is CC.CC.Cn1c(=O)[nH]c2ccnnc21. The zero-order valence-corrected chi connectivity index (χ0v) is 9.90. The second kappa shape index (κ2) is 6.75. The second-order valence-corrected chi connectivity index (χ2v) is 2.26. The van der Waals surface area contributed by atoms with Crippen molar-refractivity contribution in [2.75, 3.05) is 0 Å². The van der Waals surface area contributed by atoms with Crippen LogP contribution in [0.1, 0.15) is 27.7 Å². The van der Waals surface area contributed by atoms with Crippen molar-refractivity contribution in [1.29, 1.82) is 0 Å². The Hall–Kier alpha value is -1.65. The topological polar surface area (TPSA) is 63.6 Å². The largest absolute Gasteiger partial charge is 0.327 e. The van der Waals surface area contributed by atoms with E-state index in [0.29, 0.717) is 11.2 Å². The van der Waals surface area contributed by atoms with Gasteiger partial charge in [0.05, 0.1) is 11.7 Å². The van der Waals surface area contributed by atoms with Gasteiger partial charge in [0.25, 0.3) is 0 Å². The summed E-state index contributed by atoms with van der Waals surface area (Å²) in [5.41, 5.74) is 1.13. The van der Waals surface area contributed by atoms with Crippen molar-refractivity contribution in [3.05, 3.63) is 22.7 Å². The van der Waals surface area contributed by atoms with Crippen LogP contribution in [0.15, 0.2) is 17.1 Å². The van der Waals surface area contributed by atoms with E-state index in [4.69, 9.17) is 0 Å². The Morgan fingerprint density at radius 2 is 1.87 bits per heavy atom. The molecule has 0 radical (unpaired) electrons. The first-order valence-corrected chi connectivity index (χ1v) is 5.15. The molecule has 15 heavy (non-hydrogen) atoms. The Morgan fingerprint density at radius 3 is 2.40 bits per heavy atom. The van der Waals surface area contributed by atoms with Gasteiger partial charge in [-0.1, -0.05) is 27.7 Å². The van der Waals surface area contributed by atoms with Gasteiger partial charge in [-0.3, -0.25) is 4.57 Å². The molecule has 0 aliphatic rings. The first-order chi connectivity index (χ1) is 7.29. The summed E-state index contributed by atoms with van der Waals surface area (Å²) in [5, 5.41) is 7.44. The summed E-state index contributed by atoms with van der Waals surface area (Å²) in [6, 6.07) is 1.71. The standard InChI is InChI=1S/C6H6N4O.2C2H6/c1-10-5-4(8-6(10)11)2-3-7-9-5;2*1-2/h2-3H,1H3,(H,8,11);2*1-2H3. The van der Waals surface area contributed by atoms with Crippen molar-refractivity contribution in [2.45, 2.75) is 27.7 Å². The molecule has 0 saturated carbocycles. The third-order valence-corrected chi connectivity index (χ3v) is 1.57. The van der Waals surface area contributed by atoms with Crippen molar-refractivity contribution in [3.63, 3.8) is 0 Å². The Balaban J connectivity index is 0.000000442. The minimum Gasteiger partial charge on any atom is -0.304 e. The molecule has 0 amide bonds. The molecule has 0 aliphatic heterocycles. The Labute approximate surface area is 89.2 Å². The van der Waals surface area contributed by atoms with Gasteiger partial charge in [-0.25, -0.2) is 4.79 Å². The van der Waals surface area contributed by atoms with E-state index in [1.807, 2.05) is 27.7 Å². The minimum absolute atomic E-state index is 0.166. The fraction of sp³-hybridized carbons (Fsp3) is 0.500. The second-order valence-electron chi connectivity index (χ2n) is 2.26. The molecule has 1 N–H and O–H groups in total. The highest BCUT2D eigenvalue weighted by atomic mass is 16.1. The van der Waals surface area contributed by atoms with Gasteiger partial charge in [0, 0.05) is 7.05 Å². The molecule has 0 aliphatic carbocycles. The Bertz CT molecular complexity index is 444. The fourth-order valence-corrected chi connectivity index (χ4v) is 0.965. The van der Waals surface area contributed by atoms with Crippen LogP contribution >= 0.6 is 0 Å². The van der Waals surface area contributed by atoms with E-state index >= 15 is 0 Å². The van der Waals surface area contributed by atoms with Crippen LogP contribution in [-0.4, -0.2) is 19.7 Å². The summed E-state index contributed by atoms with van der Waals surface area (Å²) in [4.78, 5) is 13.6. The van der Waals surface area contributed by atoms with Gasteiger partial charge in [0.2, 0.25) is 0 Å². The zero-order valence-electron chi connectivity index (χ0n) is 9.90. The molecule has 0 fully saturated rings. The van der Waals surface area contributed by atoms with Crippen LogP contribution in [-0.2, 0) is 7.05 Å². The molecule has 0 atom stereocenters. The number of aryl methyl sites for hydroxylation is 1. The molecule has 0 saturated heterocycles. The van der Waals surface area contributed by atoms with E-state index in [2.05, 4.69) is 15.2 Å². The molecule has 2 aromatic rings. The first-order valence-electron chi connectivity index (χ1n) is 5.15. The summed E-state index contributed by atoms with van der Waals surface area (Å²) >= 11 is 0. The number of hydrogen-bond donors (Lipinski definition) is 1. The lowest BCUT2D eigenvalue weighted by Gasteiger charge is -1.87. The number of aromatic amines is 1. The highest BCUT2D eigenvalue weighted by Gasteiger charge is 2.01. The van der Waals surface area contributed by atoms with Crippen LogP contribution in [0.4, 0.5) is 0 Å². The first kappa shape index (κ1) is 13.4. The molecule has 5 heteroatoms. The molecule has 0 aromatic carbocycles. The van der Waals surface area contributed by atoms with Crippen LogP contribution in [0, 0.1) is 0 Å². The lowest BCUT2D eigenvalue weighted by Crippen LogP contribution is -2.12. The van der Waals surface area contributed by atoms with Crippen molar-refractivity contribution >= 4 is 11.2 Å². The maximum absolute atomic E-state index is 11.0. The lowest BCUT2D eigenvalue weighted by molar-refractivity contribution is 0.864. The number of nitrogens with one attached hydrogen (secondary N) is 1. The quantitative estimate of drug-likeness (QED) is 0.720. The zero-order chi connectivity index (χ0) is 11.8. The summed E-state index contributed by atoms with van der Waals surface area (Å²) in [5.74, 6) is 0. The highest BCUT2D eigenvalue weighted by molar-refractivity contribution is 5.68. The molecule has 2 rings (SSSR count). The maximum Gasteiger partial charge on any atom is 0.327 e. The van der Waals surface area contributed by atoms with Crippen LogP contribution in [0.3, 0.4) is 0 Å². The average molecular weight is 210 g/mol. The summed E-state index contributed by atoms with van der Waals surface area (Å²) in [7, 11) is 1.65. The van der Waals surface area contributed by atoms with Crippen LogP contribution in [0.25, 0.3) is 11.2 Å². The number of nitrogens with zero attached hydrogens (tertiary/aromatic N) is 3. The number of H-pyrrole nitrogens is 1. The monoisotopic (exact) mass is 210 g/mol. The molecule has 0 bridgehead atoms. The lowest BCUT2D eigenvalue weighted by atomic mass is 10.5. The average Bonchev–Trinajstić information content (AvgIpc) is 2.61. The number of aromatic nitrogens is 4. The molecule has 84 valence electrons.